The second-order valence-electron chi connectivity index (χ2n) is 3.60. The van der Waals surface area contributed by atoms with E-state index < -0.39 is 10.0 Å². The fourth-order valence-electron chi connectivity index (χ4n) is 1.59. The SMILES string of the molecule is Cl.NC1CCN(S(=O)(=O)c2cnoc2)CC1. The Kier molecular flexibility index (Phi) is 4.31. The molecule has 1 aliphatic heterocycles. The smallest absolute Gasteiger partial charge is 0.247 e. The minimum atomic E-state index is -3.42. The van der Waals surface area contributed by atoms with E-state index >= 15 is 0 Å². The summed E-state index contributed by atoms with van der Waals surface area (Å²) in [5.74, 6) is 0. The maximum Gasteiger partial charge on any atom is 0.247 e. The lowest BCUT2D eigenvalue weighted by molar-refractivity contribution is 0.319. The summed E-state index contributed by atoms with van der Waals surface area (Å²) in [5, 5.41) is 3.39. The van der Waals surface area contributed by atoms with Crippen molar-refractivity contribution in [1.29, 1.82) is 0 Å². The molecule has 16 heavy (non-hydrogen) atoms. The molecular formula is C8H14ClN3O3S. The highest BCUT2D eigenvalue weighted by Gasteiger charge is 2.29. The summed E-state index contributed by atoms with van der Waals surface area (Å²) in [6.07, 6.45) is 3.75. The minimum Gasteiger partial charge on any atom is -0.363 e. The summed E-state index contributed by atoms with van der Waals surface area (Å²) in [5.41, 5.74) is 5.71. The predicted octanol–water partition coefficient (Wildman–Crippen LogP) is 0.208. The van der Waals surface area contributed by atoms with Crippen LogP contribution < -0.4 is 5.73 Å². The number of nitrogens with two attached hydrogens (primary N) is 1. The lowest BCUT2D eigenvalue weighted by atomic mass is 10.1. The van der Waals surface area contributed by atoms with Crippen molar-refractivity contribution in [3.8, 4) is 0 Å². The van der Waals surface area contributed by atoms with Crippen LogP contribution >= 0.6 is 12.4 Å². The van der Waals surface area contributed by atoms with Crippen molar-refractivity contribution in [2.45, 2.75) is 23.8 Å². The van der Waals surface area contributed by atoms with Gasteiger partial charge in [-0.3, -0.25) is 0 Å². The Morgan fingerprint density at radius 3 is 2.56 bits per heavy atom. The molecule has 6 nitrogen and oxygen atoms in total. The molecule has 0 spiro atoms. The fourth-order valence-corrected chi connectivity index (χ4v) is 2.92. The molecule has 0 unspecified atom stereocenters. The van der Waals surface area contributed by atoms with E-state index in [1.807, 2.05) is 0 Å². The van der Waals surface area contributed by atoms with Crippen LogP contribution in [0, 0.1) is 0 Å². The number of aromatic nitrogens is 1. The van der Waals surface area contributed by atoms with Gasteiger partial charge in [-0.15, -0.1) is 12.4 Å². The molecule has 2 N–H and O–H groups in total. The van der Waals surface area contributed by atoms with Crippen molar-refractivity contribution in [3.63, 3.8) is 0 Å². The van der Waals surface area contributed by atoms with Crippen molar-refractivity contribution in [1.82, 2.24) is 9.46 Å². The third-order valence-corrected chi connectivity index (χ3v) is 4.39. The lowest BCUT2D eigenvalue weighted by Crippen LogP contribution is -2.42. The van der Waals surface area contributed by atoms with Crippen LogP contribution in [0.1, 0.15) is 12.8 Å². The second kappa shape index (κ2) is 5.13. The molecular weight excluding hydrogens is 254 g/mol. The van der Waals surface area contributed by atoms with Gasteiger partial charge in [0.1, 0.15) is 11.2 Å². The van der Waals surface area contributed by atoms with E-state index in [0.29, 0.717) is 25.9 Å². The average molecular weight is 268 g/mol. The first-order valence-corrected chi connectivity index (χ1v) is 6.20. The van der Waals surface area contributed by atoms with Gasteiger partial charge < -0.3 is 10.3 Å². The summed E-state index contributed by atoms with van der Waals surface area (Å²) in [6, 6.07) is 0.110. The van der Waals surface area contributed by atoms with Gasteiger partial charge in [-0.1, -0.05) is 5.16 Å². The summed E-state index contributed by atoms with van der Waals surface area (Å²) in [6.45, 7) is 0.934. The number of hydrogen-bond donors (Lipinski definition) is 1. The van der Waals surface area contributed by atoms with Gasteiger partial charge in [0, 0.05) is 19.1 Å². The molecule has 0 aromatic carbocycles. The van der Waals surface area contributed by atoms with E-state index in [9.17, 15) is 8.42 Å². The third-order valence-electron chi connectivity index (χ3n) is 2.55. The number of hydrogen-bond acceptors (Lipinski definition) is 5. The molecule has 0 saturated carbocycles. The van der Waals surface area contributed by atoms with Gasteiger partial charge in [-0.25, -0.2) is 8.42 Å². The van der Waals surface area contributed by atoms with Crippen LogP contribution in [-0.2, 0) is 10.0 Å². The quantitative estimate of drug-likeness (QED) is 0.827. The van der Waals surface area contributed by atoms with Crippen molar-refractivity contribution in [3.05, 3.63) is 12.5 Å². The number of rotatable bonds is 2. The second-order valence-corrected chi connectivity index (χ2v) is 5.54. The molecule has 2 rings (SSSR count). The maximum atomic E-state index is 11.9. The molecule has 0 bridgehead atoms. The van der Waals surface area contributed by atoms with Crippen LogP contribution in [0.25, 0.3) is 0 Å². The number of nitrogens with zero attached hydrogens (tertiary/aromatic N) is 2. The lowest BCUT2D eigenvalue weighted by Gasteiger charge is -2.28. The molecule has 0 aliphatic carbocycles. The molecule has 92 valence electrons. The van der Waals surface area contributed by atoms with Crippen LogP contribution in [0.15, 0.2) is 21.9 Å². The Bertz CT molecular complexity index is 412. The molecule has 1 aromatic heterocycles. The van der Waals surface area contributed by atoms with Gasteiger partial charge in [-0.05, 0) is 12.8 Å². The first kappa shape index (κ1) is 13.4. The Hall–Kier alpha value is -0.630. The van der Waals surface area contributed by atoms with Crippen molar-refractivity contribution in [2.24, 2.45) is 5.73 Å². The molecule has 1 fully saturated rings. The summed E-state index contributed by atoms with van der Waals surface area (Å²) < 4.78 is 29.8. The van der Waals surface area contributed by atoms with E-state index in [4.69, 9.17) is 5.73 Å². The Morgan fingerprint density at radius 2 is 2.06 bits per heavy atom. The summed E-state index contributed by atoms with van der Waals surface area (Å²) in [4.78, 5) is 0.109. The maximum absolute atomic E-state index is 11.9. The highest BCUT2D eigenvalue weighted by molar-refractivity contribution is 7.89. The fraction of sp³-hybridized carbons (Fsp3) is 0.625. The van der Waals surface area contributed by atoms with Crippen LogP contribution in [0.5, 0.6) is 0 Å². The largest absolute Gasteiger partial charge is 0.363 e. The van der Waals surface area contributed by atoms with E-state index in [0.717, 1.165) is 6.26 Å². The highest BCUT2D eigenvalue weighted by Crippen LogP contribution is 2.19. The Balaban J connectivity index is 0.00000128. The summed E-state index contributed by atoms with van der Waals surface area (Å²) >= 11 is 0. The topological polar surface area (TPSA) is 89.4 Å². The number of halogens is 1. The molecule has 1 aliphatic rings. The van der Waals surface area contributed by atoms with Crippen LogP contribution in [-0.4, -0.2) is 37.0 Å². The van der Waals surface area contributed by atoms with Gasteiger partial charge in [-0.2, -0.15) is 4.31 Å². The van der Waals surface area contributed by atoms with Crippen molar-refractivity contribution >= 4 is 22.4 Å². The van der Waals surface area contributed by atoms with Crippen LogP contribution in [0.3, 0.4) is 0 Å². The van der Waals surface area contributed by atoms with Crippen LogP contribution in [0.4, 0.5) is 0 Å². The third kappa shape index (κ3) is 2.54. The van der Waals surface area contributed by atoms with Crippen molar-refractivity contribution < 1.29 is 12.9 Å². The van der Waals surface area contributed by atoms with Gasteiger partial charge in [0.25, 0.3) is 0 Å². The van der Waals surface area contributed by atoms with Crippen LogP contribution in [0.2, 0.25) is 0 Å². The molecule has 1 aromatic rings. The molecule has 0 atom stereocenters. The van der Waals surface area contributed by atoms with Gasteiger partial charge in [0.05, 0.1) is 6.20 Å². The number of sulfonamides is 1. The van der Waals surface area contributed by atoms with E-state index in [-0.39, 0.29) is 23.3 Å². The predicted molar refractivity (Wildman–Crippen MR) is 59.7 cm³/mol. The molecule has 0 radical (unpaired) electrons. The molecule has 0 amide bonds. The van der Waals surface area contributed by atoms with E-state index in [1.165, 1.54) is 10.5 Å². The number of piperidine rings is 1. The molecule has 2 heterocycles. The van der Waals surface area contributed by atoms with E-state index in [2.05, 4.69) is 9.68 Å². The van der Waals surface area contributed by atoms with Gasteiger partial charge in [0.15, 0.2) is 0 Å². The normalized spacial score (nSPS) is 19.3. The Labute approximate surface area is 100 Å². The molecule has 1 saturated heterocycles. The molecule has 8 heteroatoms. The zero-order chi connectivity index (χ0) is 10.9. The zero-order valence-electron chi connectivity index (χ0n) is 8.57. The first-order valence-electron chi connectivity index (χ1n) is 4.76. The van der Waals surface area contributed by atoms with Crippen molar-refractivity contribution in [2.75, 3.05) is 13.1 Å². The highest BCUT2D eigenvalue weighted by atomic mass is 35.5. The van der Waals surface area contributed by atoms with Gasteiger partial charge >= 0.3 is 0 Å². The van der Waals surface area contributed by atoms with Gasteiger partial charge in [0.2, 0.25) is 10.0 Å². The zero-order valence-corrected chi connectivity index (χ0v) is 10.2. The average Bonchev–Trinajstić information content (AvgIpc) is 2.71. The minimum absolute atomic E-state index is 0. The Morgan fingerprint density at radius 1 is 1.44 bits per heavy atom. The standard InChI is InChI=1S/C8H13N3O3S.ClH/c9-7-1-3-11(4-2-7)15(12,13)8-5-10-14-6-8;/h5-7H,1-4,9H2;1H. The van der Waals surface area contributed by atoms with E-state index in [1.54, 1.807) is 0 Å². The monoisotopic (exact) mass is 267 g/mol. The first-order chi connectivity index (χ1) is 7.10. The summed E-state index contributed by atoms with van der Waals surface area (Å²) in [7, 11) is -3.42.